The van der Waals surface area contributed by atoms with Crippen LogP contribution in [0.1, 0.15) is 68.1 Å². The molecule has 0 spiro atoms. The molecule has 1 radical (unpaired) electrons. The third kappa shape index (κ3) is 4.83. The Labute approximate surface area is 225 Å². The zero-order valence-electron chi connectivity index (χ0n) is 22.2. The number of benzene rings is 1. The van der Waals surface area contributed by atoms with Crippen LogP contribution in [0.25, 0.3) is 11.2 Å². The normalized spacial score (nSPS) is 21.9. The molecule has 205 valence electrons. The number of aromatic nitrogens is 2. The number of alkyl halides is 3. The van der Waals surface area contributed by atoms with Crippen LogP contribution in [0.5, 0.6) is 0 Å². The predicted molar refractivity (Wildman–Crippen MR) is 142 cm³/mol. The molecule has 39 heavy (non-hydrogen) atoms. The smallest absolute Gasteiger partial charge is 0.296 e. The van der Waals surface area contributed by atoms with Gasteiger partial charge in [-0.3, -0.25) is 13.9 Å². The average Bonchev–Trinajstić information content (AvgIpc) is 3.44. The molecule has 0 N–H and O–H groups in total. The fraction of sp³-hybridized carbons (Fsp3) is 0.483. The van der Waals surface area contributed by atoms with Gasteiger partial charge in [0.2, 0.25) is 0 Å². The summed E-state index contributed by atoms with van der Waals surface area (Å²) < 4.78 is 47.1. The Balaban J connectivity index is 1.42. The van der Waals surface area contributed by atoms with E-state index in [1.54, 1.807) is 18.6 Å². The first-order valence-corrected chi connectivity index (χ1v) is 13.7. The van der Waals surface area contributed by atoms with Gasteiger partial charge in [-0.2, -0.15) is 13.2 Å². The number of likely N-dealkylation sites (N-methyl/N-ethyl adjacent to an activating group) is 1. The number of hydrogen-bond donors (Lipinski definition) is 0. The van der Waals surface area contributed by atoms with Gasteiger partial charge in [0.05, 0.1) is 34.8 Å². The van der Waals surface area contributed by atoms with Gasteiger partial charge >= 0.3 is 24.4 Å². The van der Waals surface area contributed by atoms with Crippen molar-refractivity contribution in [1.29, 1.82) is 0 Å². The summed E-state index contributed by atoms with van der Waals surface area (Å²) in [5.74, 6) is 0.410. The number of imidazole rings is 1. The third-order valence-corrected chi connectivity index (χ3v) is 8.61. The lowest BCUT2D eigenvalue weighted by Gasteiger charge is -2.34. The van der Waals surface area contributed by atoms with Crippen LogP contribution < -0.4 is 5.69 Å². The summed E-state index contributed by atoms with van der Waals surface area (Å²) in [7, 11) is 1.91. The van der Waals surface area contributed by atoms with Crippen molar-refractivity contribution in [3.63, 3.8) is 0 Å². The quantitative estimate of drug-likeness (QED) is 0.362. The van der Waals surface area contributed by atoms with E-state index < -0.39 is 17.4 Å². The maximum Gasteiger partial charge on any atom is 0.418 e. The van der Waals surface area contributed by atoms with E-state index in [9.17, 15) is 18.0 Å². The third-order valence-electron chi connectivity index (χ3n) is 8.61. The van der Waals surface area contributed by atoms with Gasteiger partial charge in [-0.05, 0) is 79.5 Å². The summed E-state index contributed by atoms with van der Waals surface area (Å²) in [6.07, 6.45) is 7.32. The van der Waals surface area contributed by atoms with E-state index in [4.69, 9.17) is 0 Å². The molecule has 0 bridgehead atoms. The first-order valence-electron chi connectivity index (χ1n) is 13.7. The molecule has 1 aromatic carbocycles. The van der Waals surface area contributed by atoms with Crippen LogP contribution >= 0.6 is 0 Å². The Kier molecular flexibility index (Phi) is 6.69. The molecule has 0 unspecified atom stereocenters. The van der Waals surface area contributed by atoms with Gasteiger partial charge in [0, 0.05) is 25.0 Å². The van der Waals surface area contributed by atoms with Crippen molar-refractivity contribution in [2.75, 3.05) is 13.6 Å². The molecular formula is C29H33F3N6O+. The molecule has 3 aliphatic rings. The monoisotopic (exact) mass is 538 g/mol. The van der Waals surface area contributed by atoms with Crippen LogP contribution in [-0.4, -0.2) is 44.4 Å². The Morgan fingerprint density at radius 2 is 1.92 bits per heavy atom. The van der Waals surface area contributed by atoms with E-state index in [2.05, 4.69) is 22.1 Å². The molecule has 2 atom stereocenters. The molecule has 10 heteroatoms. The topological polar surface area (TPSA) is 57.4 Å². The van der Waals surface area contributed by atoms with E-state index in [0.29, 0.717) is 29.8 Å². The van der Waals surface area contributed by atoms with Gasteiger partial charge in [0.25, 0.3) is 0 Å². The second-order valence-electron chi connectivity index (χ2n) is 11.2. The lowest BCUT2D eigenvalue weighted by atomic mass is 9.71. The predicted octanol–water partition coefficient (Wildman–Crippen LogP) is 5.99. The standard InChI is InChI=1S/C29H33F3N6O/c1-19-7-3-4-12-36(19)15-20-13-24(29(30,31)32)25-17-37(28(39)38(25)16-20)23-11-6-10-22(14-23)26(21-8-5-9-21)27-34-33-18-35(27)2/h6,10-11,13-14,16-19,21,26H,3-5,7-9,12,15H2,1-2H3/q+1/t19-,26-/m0/s1. The van der Waals surface area contributed by atoms with Gasteiger partial charge in [0.15, 0.2) is 0 Å². The van der Waals surface area contributed by atoms with Gasteiger partial charge in [-0.1, -0.05) is 25.0 Å². The van der Waals surface area contributed by atoms with Crippen LogP contribution in [0.4, 0.5) is 13.2 Å². The van der Waals surface area contributed by atoms with Crippen molar-refractivity contribution < 1.29 is 17.7 Å². The lowest BCUT2D eigenvalue weighted by molar-refractivity contribution is -0.480. The fourth-order valence-corrected chi connectivity index (χ4v) is 6.22. The molecular weight excluding hydrogens is 505 g/mol. The van der Waals surface area contributed by atoms with Crippen molar-refractivity contribution in [3.05, 3.63) is 76.1 Å². The van der Waals surface area contributed by atoms with Gasteiger partial charge in [-0.15, -0.1) is 0 Å². The minimum Gasteiger partial charge on any atom is -0.296 e. The zero-order valence-corrected chi connectivity index (χ0v) is 22.2. The molecule has 7 nitrogen and oxygen atoms in total. The molecule has 2 aliphatic heterocycles. The largest absolute Gasteiger partial charge is 0.418 e. The SMILES string of the molecule is C[C@H]1CCCCN1Cc1cc(C(F)(F)F)c2cn(-c3cccc([C@@H]([C]4N=NC=[N+]4C)C4CCC4)c3)c(=O)n2c1. The molecule has 2 aromatic heterocycles. The molecule has 1 saturated carbocycles. The number of fused-ring (bicyclic) bond motifs is 1. The van der Waals surface area contributed by atoms with E-state index in [-0.39, 0.29) is 11.4 Å². The highest BCUT2D eigenvalue weighted by Crippen LogP contribution is 2.46. The van der Waals surface area contributed by atoms with Crippen molar-refractivity contribution >= 4 is 11.9 Å². The van der Waals surface area contributed by atoms with Gasteiger partial charge in [0.1, 0.15) is 0 Å². The zero-order chi connectivity index (χ0) is 27.3. The summed E-state index contributed by atoms with van der Waals surface area (Å²) in [6, 6.07) is 9.03. The van der Waals surface area contributed by atoms with Crippen molar-refractivity contribution in [2.45, 2.75) is 70.1 Å². The van der Waals surface area contributed by atoms with Crippen LogP contribution in [0.3, 0.4) is 0 Å². The average molecular weight is 539 g/mol. The Morgan fingerprint density at radius 1 is 1.10 bits per heavy atom. The van der Waals surface area contributed by atoms with Crippen molar-refractivity contribution in [2.24, 2.45) is 16.1 Å². The first-order chi connectivity index (χ1) is 18.7. The number of nitrogens with zero attached hydrogens (tertiary/aromatic N) is 6. The Hall–Kier alpha value is -3.27. The number of azo groups is 1. The second kappa shape index (κ2) is 10.0. The van der Waals surface area contributed by atoms with Crippen LogP contribution in [0.15, 0.2) is 57.7 Å². The Morgan fingerprint density at radius 3 is 2.59 bits per heavy atom. The molecule has 3 aromatic rings. The number of pyridine rings is 1. The molecule has 1 aliphatic carbocycles. The minimum atomic E-state index is -4.59. The van der Waals surface area contributed by atoms with E-state index in [1.165, 1.54) is 16.8 Å². The fourth-order valence-electron chi connectivity index (χ4n) is 6.22. The minimum absolute atomic E-state index is 0.00260. The number of piperidine rings is 1. The summed E-state index contributed by atoms with van der Waals surface area (Å²) >= 11 is 0. The number of rotatable bonds is 6. The van der Waals surface area contributed by atoms with E-state index >= 15 is 0 Å². The summed E-state index contributed by atoms with van der Waals surface area (Å²) in [5.41, 5.74) is 0.558. The van der Waals surface area contributed by atoms with Gasteiger partial charge < -0.3 is 0 Å². The van der Waals surface area contributed by atoms with Gasteiger partial charge in [-0.25, -0.2) is 9.37 Å². The molecule has 0 amide bonds. The maximum atomic E-state index is 14.2. The highest BCUT2D eigenvalue weighted by atomic mass is 19.4. The van der Waals surface area contributed by atoms with Crippen LogP contribution in [0, 0.1) is 12.1 Å². The van der Waals surface area contributed by atoms with Crippen LogP contribution in [0.2, 0.25) is 0 Å². The Bertz CT molecular complexity index is 1500. The van der Waals surface area contributed by atoms with E-state index in [1.807, 2.05) is 29.8 Å². The summed E-state index contributed by atoms with van der Waals surface area (Å²) in [6.45, 7) is 3.33. The lowest BCUT2D eigenvalue weighted by Crippen LogP contribution is -2.37. The number of hydrogen-bond acceptors (Lipinski definition) is 4. The number of halogens is 3. The highest BCUT2D eigenvalue weighted by Gasteiger charge is 2.42. The summed E-state index contributed by atoms with van der Waals surface area (Å²) in [4.78, 5) is 15.8. The van der Waals surface area contributed by atoms with Crippen LogP contribution in [-0.2, 0) is 12.7 Å². The number of likely N-dealkylation sites (tertiary alicyclic amines) is 1. The maximum absolute atomic E-state index is 14.2. The molecule has 6 rings (SSSR count). The summed E-state index contributed by atoms with van der Waals surface area (Å²) in [5, 5.41) is 8.43. The molecule has 4 heterocycles. The molecule has 2 fully saturated rings. The van der Waals surface area contributed by atoms with E-state index in [0.717, 1.165) is 61.2 Å². The molecule has 1 saturated heterocycles. The second-order valence-corrected chi connectivity index (χ2v) is 11.2. The van der Waals surface area contributed by atoms with Crippen molar-refractivity contribution in [3.8, 4) is 5.69 Å². The van der Waals surface area contributed by atoms with Crippen molar-refractivity contribution in [1.82, 2.24) is 13.9 Å². The first kappa shape index (κ1) is 26.0. The highest BCUT2D eigenvalue weighted by molar-refractivity contribution is 5.58.